The van der Waals surface area contributed by atoms with Gasteiger partial charge >= 0.3 is 0 Å². The van der Waals surface area contributed by atoms with Crippen molar-refractivity contribution in [1.29, 1.82) is 0 Å². The van der Waals surface area contributed by atoms with Gasteiger partial charge < -0.3 is 14.8 Å². The van der Waals surface area contributed by atoms with Crippen molar-refractivity contribution in [3.05, 3.63) is 29.8 Å². The van der Waals surface area contributed by atoms with Gasteiger partial charge in [-0.05, 0) is 33.0 Å². The van der Waals surface area contributed by atoms with Crippen molar-refractivity contribution in [1.82, 2.24) is 10.2 Å². The Morgan fingerprint density at radius 2 is 2.19 bits per heavy atom. The van der Waals surface area contributed by atoms with Gasteiger partial charge in [0.1, 0.15) is 12.4 Å². The molecule has 0 bridgehead atoms. The van der Waals surface area contributed by atoms with Gasteiger partial charge in [0, 0.05) is 31.3 Å². The highest BCUT2D eigenvalue weighted by Crippen LogP contribution is 2.19. The summed E-state index contributed by atoms with van der Waals surface area (Å²) < 4.78 is 11.6. The fraction of sp³-hybridized carbons (Fsp3) is 0.647. The van der Waals surface area contributed by atoms with Crippen LogP contribution < -0.4 is 10.1 Å². The maximum absolute atomic E-state index is 5.98. The van der Waals surface area contributed by atoms with Gasteiger partial charge in [0.2, 0.25) is 0 Å². The van der Waals surface area contributed by atoms with Crippen molar-refractivity contribution in [3.63, 3.8) is 0 Å². The van der Waals surface area contributed by atoms with E-state index >= 15 is 0 Å². The lowest BCUT2D eigenvalue weighted by Crippen LogP contribution is -2.39. The maximum atomic E-state index is 5.98. The van der Waals surface area contributed by atoms with E-state index < -0.39 is 0 Å². The third kappa shape index (κ3) is 4.70. The van der Waals surface area contributed by atoms with E-state index in [0.29, 0.717) is 18.8 Å². The largest absolute Gasteiger partial charge is 0.492 e. The Kier molecular flexibility index (Phi) is 6.49. The highest BCUT2D eigenvalue weighted by molar-refractivity contribution is 5.33. The molecule has 1 aromatic carbocycles. The minimum Gasteiger partial charge on any atom is -0.492 e. The number of nitrogens with zero attached hydrogens (tertiary/aromatic N) is 1. The molecule has 0 radical (unpaired) electrons. The number of likely N-dealkylation sites (N-methyl/N-ethyl adjacent to an activating group) is 1. The van der Waals surface area contributed by atoms with E-state index in [0.717, 1.165) is 38.4 Å². The van der Waals surface area contributed by atoms with Crippen molar-refractivity contribution >= 4 is 0 Å². The standard InChI is InChI=1S/C17H28N2O2/c1-4-18-13-15-7-5-6-8-17(15)21-12-10-19(3)16-9-11-20-14(16)2/h5-8,14,16,18H,4,9-13H2,1-3H3. The maximum Gasteiger partial charge on any atom is 0.123 e. The Labute approximate surface area is 128 Å². The first-order chi connectivity index (χ1) is 10.2. The summed E-state index contributed by atoms with van der Waals surface area (Å²) in [5, 5.41) is 3.35. The topological polar surface area (TPSA) is 33.7 Å². The summed E-state index contributed by atoms with van der Waals surface area (Å²) in [5.41, 5.74) is 1.22. The molecular weight excluding hydrogens is 264 g/mol. The van der Waals surface area contributed by atoms with Gasteiger partial charge in [-0.25, -0.2) is 0 Å². The van der Waals surface area contributed by atoms with Gasteiger partial charge in [-0.3, -0.25) is 4.90 Å². The van der Waals surface area contributed by atoms with Crippen LogP contribution in [0, 0.1) is 0 Å². The molecule has 2 atom stereocenters. The number of hydrogen-bond donors (Lipinski definition) is 1. The molecule has 21 heavy (non-hydrogen) atoms. The Bertz CT molecular complexity index is 425. The molecule has 1 N–H and O–H groups in total. The summed E-state index contributed by atoms with van der Waals surface area (Å²) in [5.74, 6) is 0.988. The van der Waals surface area contributed by atoms with Gasteiger partial charge in [0.25, 0.3) is 0 Å². The van der Waals surface area contributed by atoms with E-state index in [9.17, 15) is 0 Å². The molecule has 1 aromatic rings. The van der Waals surface area contributed by atoms with Gasteiger partial charge in [0.15, 0.2) is 0 Å². The first kappa shape index (κ1) is 16.3. The number of benzene rings is 1. The van der Waals surface area contributed by atoms with Crippen LogP contribution in [0.4, 0.5) is 0 Å². The fourth-order valence-electron chi connectivity index (χ4n) is 2.81. The van der Waals surface area contributed by atoms with Gasteiger partial charge in [0.05, 0.1) is 6.10 Å². The molecule has 0 saturated carbocycles. The van der Waals surface area contributed by atoms with E-state index in [2.05, 4.69) is 43.2 Å². The molecule has 118 valence electrons. The normalized spacial score (nSPS) is 21.9. The smallest absolute Gasteiger partial charge is 0.123 e. The molecule has 2 unspecified atom stereocenters. The molecule has 1 aliphatic rings. The lowest BCUT2D eigenvalue weighted by atomic mass is 10.1. The van der Waals surface area contributed by atoms with E-state index in [1.807, 2.05) is 12.1 Å². The van der Waals surface area contributed by atoms with Crippen molar-refractivity contribution in [3.8, 4) is 5.75 Å². The van der Waals surface area contributed by atoms with E-state index in [1.54, 1.807) is 0 Å². The van der Waals surface area contributed by atoms with Crippen LogP contribution >= 0.6 is 0 Å². The summed E-state index contributed by atoms with van der Waals surface area (Å²) in [4.78, 5) is 2.35. The zero-order valence-corrected chi connectivity index (χ0v) is 13.5. The molecule has 0 aromatic heterocycles. The minimum atomic E-state index is 0.330. The average molecular weight is 292 g/mol. The highest BCUT2D eigenvalue weighted by atomic mass is 16.5. The molecular formula is C17H28N2O2. The Balaban J connectivity index is 1.80. The van der Waals surface area contributed by atoms with Crippen LogP contribution in [0.3, 0.4) is 0 Å². The van der Waals surface area contributed by atoms with Crippen LogP contribution in [0.25, 0.3) is 0 Å². The molecule has 0 aliphatic carbocycles. The monoisotopic (exact) mass is 292 g/mol. The fourth-order valence-corrected chi connectivity index (χ4v) is 2.81. The van der Waals surface area contributed by atoms with Crippen LogP contribution in [-0.4, -0.2) is 50.4 Å². The van der Waals surface area contributed by atoms with Crippen molar-refractivity contribution in [2.45, 2.75) is 39.0 Å². The number of rotatable bonds is 8. The van der Waals surface area contributed by atoms with Crippen molar-refractivity contribution in [2.75, 3.05) is 33.4 Å². The second-order valence-electron chi connectivity index (χ2n) is 5.65. The van der Waals surface area contributed by atoms with Crippen molar-refractivity contribution < 1.29 is 9.47 Å². The Morgan fingerprint density at radius 3 is 2.90 bits per heavy atom. The lowest BCUT2D eigenvalue weighted by Gasteiger charge is -2.26. The number of nitrogens with one attached hydrogen (secondary N) is 1. The second kappa shape index (κ2) is 8.37. The highest BCUT2D eigenvalue weighted by Gasteiger charge is 2.27. The zero-order chi connectivity index (χ0) is 15.1. The Hall–Kier alpha value is -1.10. The molecule has 1 aliphatic heterocycles. The van der Waals surface area contributed by atoms with Crippen LogP contribution in [0.15, 0.2) is 24.3 Å². The number of ether oxygens (including phenoxy) is 2. The first-order valence-corrected chi connectivity index (χ1v) is 7.95. The van der Waals surface area contributed by atoms with E-state index in [1.165, 1.54) is 5.56 Å². The summed E-state index contributed by atoms with van der Waals surface area (Å²) in [6, 6.07) is 8.78. The molecule has 1 heterocycles. The number of hydrogen-bond acceptors (Lipinski definition) is 4. The first-order valence-electron chi connectivity index (χ1n) is 7.95. The Morgan fingerprint density at radius 1 is 1.38 bits per heavy atom. The van der Waals surface area contributed by atoms with Crippen LogP contribution in [0.2, 0.25) is 0 Å². The lowest BCUT2D eigenvalue weighted by molar-refractivity contribution is 0.0786. The molecule has 4 heteroatoms. The number of para-hydroxylation sites is 1. The SMILES string of the molecule is CCNCc1ccccc1OCCN(C)C1CCOC1C. The average Bonchev–Trinajstić information content (AvgIpc) is 2.92. The quantitative estimate of drug-likeness (QED) is 0.797. The summed E-state index contributed by atoms with van der Waals surface area (Å²) in [7, 11) is 2.16. The van der Waals surface area contributed by atoms with Gasteiger partial charge in [-0.15, -0.1) is 0 Å². The van der Waals surface area contributed by atoms with Crippen LogP contribution in [0.1, 0.15) is 25.8 Å². The van der Waals surface area contributed by atoms with Gasteiger partial charge in [-0.2, -0.15) is 0 Å². The van der Waals surface area contributed by atoms with E-state index in [4.69, 9.17) is 9.47 Å². The molecule has 0 spiro atoms. The predicted molar refractivity (Wildman–Crippen MR) is 85.8 cm³/mol. The van der Waals surface area contributed by atoms with E-state index in [-0.39, 0.29) is 0 Å². The van der Waals surface area contributed by atoms with Gasteiger partial charge in [-0.1, -0.05) is 25.1 Å². The molecule has 2 rings (SSSR count). The zero-order valence-electron chi connectivity index (χ0n) is 13.5. The summed E-state index contributed by atoms with van der Waals surface area (Å²) in [6.07, 6.45) is 1.45. The third-order valence-electron chi connectivity index (χ3n) is 4.14. The van der Waals surface area contributed by atoms with Crippen molar-refractivity contribution in [2.24, 2.45) is 0 Å². The second-order valence-corrected chi connectivity index (χ2v) is 5.65. The minimum absolute atomic E-state index is 0.330. The summed E-state index contributed by atoms with van der Waals surface area (Å²) in [6.45, 7) is 8.61. The molecule has 0 amide bonds. The molecule has 1 fully saturated rings. The van der Waals surface area contributed by atoms with Crippen LogP contribution in [0.5, 0.6) is 5.75 Å². The predicted octanol–water partition coefficient (Wildman–Crippen LogP) is 2.28. The molecule has 1 saturated heterocycles. The summed E-state index contributed by atoms with van der Waals surface area (Å²) >= 11 is 0. The molecule has 4 nitrogen and oxygen atoms in total. The third-order valence-corrected chi connectivity index (χ3v) is 4.14. The van der Waals surface area contributed by atoms with Crippen LogP contribution in [-0.2, 0) is 11.3 Å².